The summed E-state index contributed by atoms with van der Waals surface area (Å²) >= 11 is 0. The molecule has 0 spiro atoms. The van der Waals surface area contributed by atoms with Gasteiger partial charge in [-0.05, 0) is 6.07 Å². The summed E-state index contributed by atoms with van der Waals surface area (Å²) in [6.45, 7) is -0.383. The van der Waals surface area contributed by atoms with Gasteiger partial charge < -0.3 is 15.4 Å². The first-order valence-corrected chi connectivity index (χ1v) is 6.08. The van der Waals surface area contributed by atoms with E-state index in [9.17, 15) is 22.8 Å². The molecule has 116 valence electrons. The number of alkyl halides is 3. The second kappa shape index (κ2) is 7.51. The van der Waals surface area contributed by atoms with Crippen LogP contribution in [0.4, 0.5) is 13.2 Å². The van der Waals surface area contributed by atoms with E-state index in [0.29, 0.717) is 11.3 Å². The van der Waals surface area contributed by atoms with Crippen molar-refractivity contribution >= 4 is 11.8 Å². The fourth-order valence-electron chi connectivity index (χ4n) is 1.56. The van der Waals surface area contributed by atoms with Crippen molar-refractivity contribution in [2.75, 3.05) is 20.2 Å². The van der Waals surface area contributed by atoms with Gasteiger partial charge in [-0.3, -0.25) is 9.59 Å². The lowest BCUT2D eigenvalue weighted by molar-refractivity contribution is -0.173. The standard InChI is InChI=1S/C13H15F3N2O3/c1-21-10-5-3-2-4-9(10)8-11(19)17-6-7-18-12(20)13(14,15)16/h2-5H,6-8H2,1H3,(H,17,19)(H,18,20). The average molecular weight is 304 g/mol. The Morgan fingerprint density at radius 3 is 2.38 bits per heavy atom. The summed E-state index contributed by atoms with van der Waals surface area (Å²) in [6.07, 6.45) is -4.88. The molecule has 0 saturated heterocycles. The van der Waals surface area contributed by atoms with Gasteiger partial charge in [0.05, 0.1) is 13.5 Å². The molecular weight excluding hydrogens is 289 g/mol. The number of benzene rings is 1. The number of rotatable bonds is 6. The number of carbonyl (C=O) groups is 2. The van der Waals surface area contributed by atoms with E-state index in [1.165, 1.54) is 7.11 Å². The number of ether oxygens (including phenoxy) is 1. The van der Waals surface area contributed by atoms with E-state index in [1.807, 2.05) is 0 Å². The number of carbonyl (C=O) groups excluding carboxylic acids is 2. The predicted octanol–water partition coefficient (Wildman–Crippen LogP) is 1.03. The first-order chi connectivity index (χ1) is 9.84. The van der Waals surface area contributed by atoms with Crippen molar-refractivity contribution in [1.82, 2.24) is 10.6 Å². The van der Waals surface area contributed by atoms with Crippen molar-refractivity contribution in [1.29, 1.82) is 0 Å². The maximum atomic E-state index is 11.9. The Kier molecular flexibility index (Phi) is 6.01. The van der Waals surface area contributed by atoms with Gasteiger partial charge in [-0.25, -0.2) is 0 Å². The van der Waals surface area contributed by atoms with Crippen molar-refractivity contribution in [3.63, 3.8) is 0 Å². The van der Waals surface area contributed by atoms with Crippen LogP contribution in [0.5, 0.6) is 5.75 Å². The molecule has 5 nitrogen and oxygen atoms in total. The van der Waals surface area contributed by atoms with Crippen LogP contribution in [0.25, 0.3) is 0 Å². The van der Waals surface area contributed by atoms with Crippen molar-refractivity contribution < 1.29 is 27.5 Å². The molecule has 0 aromatic heterocycles. The Bertz CT molecular complexity index is 504. The molecule has 0 bridgehead atoms. The zero-order chi connectivity index (χ0) is 15.9. The smallest absolute Gasteiger partial charge is 0.471 e. The Balaban J connectivity index is 2.34. The second-order valence-corrected chi connectivity index (χ2v) is 4.09. The van der Waals surface area contributed by atoms with E-state index in [2.05, 4.69) is 5.32 Å². The van der Waals surface area contributed by atoms with Crippen molar-refractivity contribution in [2.45, 2.75) is 12.6 Å². The molecule has 8 heteroatoms. The molecule has 1 aromatic carbocycles. The summed E-state index contributed by atoms with van der Waals surface area (Å²) < 4.78 is 40.8. The Labute approximate surface area is 119 Å². The summed E-state index contributed by atoms with van der Waals surface area (Å²) in [6, 6.07) is 6.91. The maximum absolute atomic E-state index is 11.9. The number of amides is 2. The molecular formula is C13H15F3N2O3. The van der Waals surface area contributed by atoms with Crippen molar-refractivity contribution in [2.24, 2.45) is 0 Å². The maximum Gasteiger partial charge on any atom is 0.471 e. The fourth-order valence-corrected chi connectivity index (χ4v) is 1.56. The summed E-state index contributed by atoms with van der Waals surface area (Å²) in [5.74, 6) is -1.85. The topological polar surface area (TPSA) is 67.4 Å². The summed E-state index contributed by atoms with van der Waals surface area (Å²) in [7, 11) is 1.48. The molecule has 0 aliphatic rings. The van der Waals surface area contributed by atoms with Crippen molar-refractivity contribution in [3.8, 4) is 5.75 Å². The van der Waals surface area contributed by atoms with Crippen LogP contribution in [0.15, 0.2) is 24.3 Å². The van der Waals surface area contributed by atoms with Crippen LogP contribution in [0.1, 0.15) is 5.56 Å². The molecule has 0 atom stereocenters. The number of para-hydroxylation sites is 1. The number of hydrogen-bond acceptors (Lipinski definition) is 3. The lowest BCUT2D eigenvalue weighted by atomic mass is 10.1. The summed E-state index contributed by atoms with van der Waals surface area (Å²) in [5, 5.41) is 4.07. The lowest BCUT2D eigenvalue weighted by Gasteiger charge is -2.10. The molecule has 2 N–H and O–H groups in total. The molecule has 0 unspecified atom stereocenters. The van der Waals surface area contributed by atoms with E-state index in [0.717, 1.165) is 0 Å². The van der Waals surface area contributed by atoms with Crippen molar-refractivity contribution in [3.05, 3.63) is 29.8 Å². The van der Waals surface area contributed by atoms with Crippen LogP contribution in [0.3, 0.4) is 0 Å². The minimum Gasteiger partial charge on any atom is -0.496 e. The minimum absolute atomic E-state index is 0.0389. The Hall–Kier alpha value is -2.25. The van der Waals surface area contributed by atoms with Gasteiger partial charge in [0.25, 0.3) is 0 Å². The van der Waals surface area contributed by atoms with Gasteiger partial charge in [0.2, 0.25) is 5.91 Å². The molecule has 0 aliphatic heterocycles. The number of nitrogens with one attached hydrogen (secondary N) is 2. The molecule has 0 aliphatic carbocycles. The monoisotopic (exact) mass is 304 g/mol. The normalized spacial score (nSPS) is 10.9. The first-order valence-electron chi connectivity index (χ1n) is 6.08. The van der Waals surface area contributed by atoms with Gasteiger partial charge in [-0.2, -0.15) is 13.2 Å². The van der Waals surface area contributed by atoms with Gasteiger partial charge in [0.15, 0.2) is 0 Å². The Morgan fingerprint density at radius 2 is 1.76 bits per heavy atom. The molecule has 0 saturated carbocycles. The quantitative estimate of drug-likeness (QED) is 0.772. The van der Waals surface area contributed by atoms with E-state index < -0.39 is 12.1 Å². The SMILES string of the molecule is COc1ccccc1CC(=O)NCCNC(=O)C(F)(F)F. The third-order valence-electron chi connectivity index (χ3n) is 2.53. The highest BCUT2D eigenvalue weighted by Gasteiger charge is 2.38. The first kappa shape index (κ1) is 16.8. The zero-order valence-electron chi connectivity index (χ0n) is 11.3. The highest BCUT2D eigenvalue weighted by atomic mass is 19.4. The van der Waals surface area contributed by atoms with Crippen LogP contribution in [0, 0.1) is 0 Å². The fraction of sp³-hybridized carbons (Fsp3) is 0.385. The van der Waals surface area contributed by atoms with Gasteiger partial charge in [0, 0.05) is 18.7 Å². The van der Waals surface area contributed by atoms with Gasteiger partial charge in [-0.1, -0.05) is 18.2 Å². The van der Waals surface area contributed by atoms with E-state index >= 15 is 0 Å². The van der Waals surface area contributed by atoms with E-state index in [4.69, 9.17) is 4.74 Å². The highest BCUT2D eigenvalue weighted by Crippen LogP contribution is 2.17. The molecule has 0 heterocycles. The van der Waals surface area contributed by atoms with Gasteiger partial charge >= 0.3 is 12.1 Å². The molecule has 21 heavy (non-hydrogen) atoms. The van der Waals surface area contributed by atoms with Crippen LogP contribution in [-0.2, 0) is 16.0 Å². The summed E-state index contributed by atoms with van der Waals surface area (Å²) in [4.78, 5) is 22.1. The van der Waals surface area contributed by atoms with Crippen LogP contribution in [0.2, 0.25) is 0 Å². The molecule has 1 aromatic rings. The minimum atomic E-state index is -4.92. The zero-order valence-corrected chi connectivity index (χ0v) is 11.3. The number of hydrogen-bond donors (Lipinski definition) is 2. The van der Waals surface area contributed by atoms with Crippen LogP contribution in [-0.4, -0.2) is 38.2 Å². The largest absolute Gasteiger partial charge is 0.496 e. The van der Waals surface area contributed by atoms with E-state index in [-0.39, 0.29) is 25.4 Å². The van der Waals surface area contributed by atoms with Gasteiger partial charge in [-0.15, -0.1) is 0 Å². The molecule has 0 radical (unpaired) electrons. The average Bonchev–Trinajstić information content (AvgIpc) is 2.43. The molecule has 2 amide bonds. The Morgan fingerprint density at radius 1 is 1.14 bits per heavy atom. The lowest BCUT2D eigenvalue weighted by Crippen LogP contribution is -2.41. The number of methoxy groups -OCH3 is 1. The third kappa shape index (κ3) is 5.72. The molecule has 0 fully saturated rings. The number of halogens is 3. The van der Waals surface area contributed by atoms with E-state index in [1.54, 1.807) is 29.6 Å². The summed E-state index contributed by atoms with van der Waals surface area (Å²) in [5.41, 5.74) is 0.664. The highest BCUT2D eigenvalue weighted by molar-refractivity contribution is 5.82. The predicted molar refractivity (Wildman–Crippen MR) is 68.8 cm³/mol. The van der Waals surface area contributed by atoms with Crippen LogP contribution < -0.4 is 15.4 Å². The van der Waals surface area contributed by atoms with Gasteiger partial charge in [0.1, 0.15) is 5.75 Å². The third-order valence-corrected chi connectivity index (χ3v) is 2.53. The molecule has 1 rings (SSSR count). The second-order valence-electron chi connectivity index (χ2n) is 4.09. The van der Waals surface area contributed by atoms with Crippen LogP contribution >= 0.6 is 0 Å².